The first-order valence-corrected chi connectivity index (χ1v) is 5.99. The van der Waals surface area contributed by atoms with E-state index >= 15 is 0 Å². The number of anilines is 1. The molecule has 0 saturated heterocycles. The molecule has 3 rings (SSSR count). The fourth-order valence-electron chi connectivity index (χ4n) is 2.34. The molecule has 0 heterocycles. The van der Waals surface area contributed by atoms with E-state index in [2.05, 4.69) is 5.32 Å². The number of nitro groups is 1. The Morgan fingerprint density at radius 2 is 1.68 bits per heavy atom. The van der Waals surface area contributed by atoms with Crippen LogP contribution < -0.4 is 5.32 Å². The quantitative estimate of drug-likeness (QED) is 0.518. The monoisotopic (exact) mass is 252 g/mol. The predicted octanol–water partition coefficient (Wildman–Crippen LogP) is 3.26. The van der Waals surface area contributed by atoms with Gasteiger partial charge in [-0.25, -0.2) is 0 Å². The van der Waals surface area contributed by atoms with E-state index in [1.807, 2.05) is 48.5 Å². The van der Waals surface area contributed by atoms with Gasteiger partial charge in [-0.2, -0.15) is 0 Å². The standard InChI is InChI=1S/C15H12N2O2/c18-17(19)15(16-13-7-2-1-3-8-13)11-10-12-6-4-5-9-14(12)15/h1-11,16H. The molecule has 0 amide bonds. The van der Waals surface area contributed by atoms with Gasteiger partial charge >= 0.3 is 5.66 Å². The Bertz CT molecular complexity index is 652. The lowest BCUT2D eigenvalue weighted by molar-refractivity contribution is -0.554. The summed E-state index contributed by atoms with van der Waals surface area (Å²) in [7, 11) is 0. The van der Waals surface area contributed by atoms with Gasteiger partial charge in [-0.15, -0.1) is 0 Å². The Hall–Kier alpha value is -2.62. The molecule has 1 atom stereocenters. The van der Waals surface area contributed by atoms with Crippen LogP contribution in [0.25, 0.3) is 6.08 Å². The van der Waals surface area contributed by atoms with Gasteiger partial charge in [0.2, 0.25) is 0 Å². The lowest BCUT2D eigenvalue weighted by atomic mass is 10.0. The number of hydrogen-bond acceptors (Lipinski definition) is 3. The van der Waals surface area contributed by atoms with Crippen molar-refractivity contribution in [3.05, 3.63) is 81.9 Å². The highest BCUT2D eigenvalue weighted by molar-refractivity contribution is 5.66. The summed E-state index contributed by atoms with van der Waals surface area (Å²) in [5, 5.41) is 14.6. The first-order valence-electron chi connectivity index (χ1n) is 5.99. The van der Waals surface area contributed by atoms with Gasteiger partial charge in [-0.3, -0.25) is 10.1 Å². The first kappa shape index (κ1) is 11.5. The van der Waals surface area contributed by atoms with Crippen LogP contribution in [0, 0.1) is 10.1 Å². The molecule has 1 aliphatic rings. The average Bonchev–Trinajstić information content (AvgIpc) is 2.81. The number of benzene rings is 2. The third-order valence-electron chi connectivity index (χ3n) is 3.27. The zero-order chi connectivity index (χ0) is 13.3. The van der Waals surface area contributed by atoms with E-state index in [9.17, 15) is 10.1 Å². The minimum atomic E-state index is -1.38. The molecule has 0 bridgehead atoms. The molecule has 2 aromatic carbocycles. The van der Waals surface area contributed by atoms with Crippen molar-refractivity contribution in [3.8, 4) is 0 Å². The van der Waals surface area contributed by atoms with Crippen LogP contribution in [0.1, 0.15) is 11.1 Å². The molecule has 0 aromatic heterocycles. The van der Waals surface area contributed by atoms with Crippen molar-refractivity contribution < 1.29 is 4.92 Å². The van der Waals surface area contributed by atoms with Crippen LogP contribution in [0.2, 0.25) is 0 Å². The van der Waals surface area contributed by atoms with Crippen LogP contribution in [-0.2, 0) is 5.66 Å². The Labute approximate surface area is 110 Å². The second-order valence-corrected chi connectivity index (χ2v) is 4.44. The highest BCUT2D eigenvalue weighted by Crippen LogP contribution is 2.37. The highest BCUT2D eigenvalue weighted by Gasteiger charge is 2.46. The molecule has 2 aromatic rings. The molecule has 0 aliphatic heterocycles. The van der Waals surface area contributed by atoms with E-state index in [0.29, 0.717) is 5.56 Å². The minimum absolute atomic E-state index is 0.289. The Morgan fingerprint density at radius 1 is 1.00 bits per heavy atom. The molecule has 94 valence electrons. The Kier molecular flexibility index (Phi) is 2.56. The lowest BCUT2D eigenvalue weighted by Crippen LogP contribution is -2.40. The number of nitrogens with one attached hydrogen (secondary N) is 1. The van der Waals surface area contributed by atoms with Gasteiger partial charge in [0.25, 0.3) is 0 Å². The van der Waals surface area contributed by atoms with Crippen LogP contribution in [0.4, 0.5) is 5.69 Å². The summed E-state index contributed by atoms with van der Waals surface area (Å²) in [5.74, 6) is 0. The van der Waals surface area contributed by atoms with Crippen molar-refractivity contribution in [2.45, 2.75) is 5.66 Å². The molecule has 0 saturated carbocycles. The molecule has 0 fully saturated rings. The van der Waals surface area contributed by atoms with Crippen LogP contribution in [-0.4, -0.2) is 4.92 Å². The van der Waals surface area contributed by atoms with E-state index in [1.165, 1.54) is 0 Å². The summed E-state index contributed by atoms with van der Waals surface area (Å²) in [4.78, 5) is 11.3. The molecule has 4 nitrogen and oxygen atoms in total. The molecular formula is C15H12N2O2. The van der Waals surface area contributed by atoms with Crippen LogP contribution in [0.3, 0.4) is 0 Å². The van der Waals surface area contributed by atoms with Gasteiger partial charge in [0.05, 0.1) is 10.5 Å². The molecule has 0 radical (unpaired) electrons. The molecule has 19 heavy (non-hydrogen) atoms. The van der Waals surface area contributed by atoms with Crippen molar-refractivity contribution in [1.29, 1.82) is 0 Å². The smallest absolute Gasteiger partial charge is 0.314 e. The third kappa shape index (κ3) is 1.78. The van der Waals surface area contributed by atoms with Crippen LogP contribution in [0.15, 0.2) is 60.7 Å². The van der Waals surface area contributed by atoms with Gasteiger partial charge in [0, 0.05) is 11.8 Å². The third-order valence-corrected chi connectivity index (χ3v) is 3.27. The molecule has 1 aliphatic carbocycles. The van der Waals surface area contributed by atoms with Crippen molar-refractivity contribution in [2.75, 3.05) is 5.32 Å². The first-order chi connectivity index (χ1) is 9.22. The molecule has 4 heteroatoms. The van der Waals surface area contributed by atoms with Crippen LogP contribution in [0.5, 0.6) is 0 Å². The predicted molar refractivity (Wildman–Crippen MR) is 74.2 cm³/mol. The molecule has 1 unspecified atom stereocenters. The lowest BCUT2D eigenvalue weighted by Gasteiger charge is -2.22. The maximum atomic E-state index is 11.6. The normalized spacial score (nSPS) is 20.0. The zero-order valence-corrected chi connectivity index (χ0v) is 10.1. The zero-order valence-electron chi connectivity index (χ0n) is 10.1. The summed E-state index contributed by atoms with van der Waals surface area (Å²) in [6.07, 6.45) is 3.39. The highest BCUT2D eigenvalue weighted by atomic mass is 16.6. The minimum Gasteiger partial charge on any atom is -0.314 e. The number of hydrogen-bond donors (Lipinski definition) is 1. The van der Waals surface area contributed by atoms with E-state index < -0.39 is 5.66 Å². The second-order valence-electron chi connectivity index (χ2n) is 4.44. The topological polar surface area (TPSA) is 55.2 Å². The number of para-hydroxylation sites is 1. The second kappa shape index (κ2) is 4.24. The average molecular weight is 252 g/mol. The Morgan fingerprint density at radius 3 is 2.42 bits per heavy atom. The van der Waals surface area contributed by atoms with Gasteiger partial charge in [-0.1, -0.05) is 36.4 Å². The Balaban J connectivity index is 2.08. The number of rotatable bonds is 3. The van der Waals surface area contributed by atoms with E-state index in [4.69, 9.17) is 0 Å². The van der Waals surface area contributed by atoms with Gasteiger partial charge < -0.3 is 5.32 Å². The fraction of sp³-hybridized carbons (Fsp3) is 0.0667. The van der Waals surface area contributed by atoms with Gasteiger partial charge in [0.1, 0.15) is 0 Å². The maximum Gasteiger partial charge on any atom is 0.340 e. The molecular weight excluding hydrogens is 240 g/mol. The molecule has 0 spiro atoms. The SMILES string of the molecule is O=[N+]([O-])C1(Nc2ccccc2)C=Cc2ccccc21. The van der Waals surface area contributed by atoms with Crippen molar-refractivity contribution >= 4 is 11.8 Å². The summed E-state index contributed by atoms with van der Waals surface area (Å²) in [6.45, 7) is 0. The molecule has 1 N–H and O–H groups in total. The number of fused-ring (bicyclic) bond motifs is 1. The summed E-state index contributed by atoms with van der Waals surface area (Å²) >= 11 is 0. The summed E-state index contributed by atoms with van der Waals surface area (Å²) in [5.41, 5.74) is 0.893. The van der Waals surface area contributed by atoms with Gasteiger partial charge in [-0.05, 0) is 29.8 Å². The summed E-state index contributed by atoms with van der Waals surface area (Å²) < 4.78 is 0. The van der Waals surface area contributed by atoms with E-state index in [-0.39, 0.29) is 4.92 Å². The van der Waals surface area contributed by atoms with Crippen molar-refractivity contribution in [2.24, 2.45) is 0 Å². The fourth-order valence-corrected chi connectivity index (χ4v) is 2.34. The number of nitrogens with zero attached hydrogens (tertiary/aromatic N) is 1. The van der Waals surface area contributed by atoms with E-state index in [0.717, 1.165) is 11.3 Å². The maximum absolute atomic E-state index is 11.6. The largest absolute Gasteiger partial charge is 0.340 e. The van der Waals surface area contributed by atoms with E-state index in [1.54, 1.807) is 18.2 Å². The van der Waals surface area contributed by atoms with Crippen LogP contribution >= 0.6 is 0 Å². The van der Waals surface area contributed by atoms with Crippen molar-refractivity contribution in [3.63, 3.8) is 0 Å². The van der Waals surface area contributed by atoms with Gasteiger partial charge in [0.15, 0.2) is 0 Å². The van der Waals surface area contributed by atoms with Crippen molar-refractivity contribution in [1.82, 2.24) is 0 Å². The summed E-state index contributed by atoms with van der Waals surface area (Å²) in [6, 6.07) is 16.6.